The normalized spacial score (nSPS) is 27.7. The van der Waals surface area contributed by atoms with Crippen LogP contribution in [0.2, 0.25) is 0 Å². The van der Waals surface area contributed by atoms with Gasteiger partial charge in [0, 0.05) is 20.2 Å². The number of carbonyl (C=O) groups is 1. The van der Waals surface area contributed by atoms with Crippen LogP contribution in [0.5, 0.6) is 5.75 Å². The Kier molecular flexibility index (Phi) is 4.44. The third kappa shape index (κ3) is 3.38. The summed E-state index contributed by atoms with van der Waals surface area (Å²) in [6.07, 6.45) is 3.07. The summed E-state index contributed by atoms with van der Waals surface area (Å²) < 4.78 is 11.0. The van der Waals surface area contributed by atoms with E-state index in [0.29, 0.717) is 31.0 Å². The van der Waals surface area contributed by atoms with Gasteiger partial charge in [0.2, 0.25) is 5.91 Å². The Morgan fingerprint density at radius 3 is 2.48 bits per heavy atom. The Balaban J connectivity index is 1.41. The molecule has 1 amide bonds. The van der Waals surface area contributed by atoms with Gasteiger partial charge in [-0.25, -0.2) is 0 Å². The van der Waals surface area contributed by atoms with Crippen LogP contribution in [0.1, 0.15) is 19.3 Å². The smallest absolute Gasteiger partial charge is 0.226 e. The van der Waals surface area contributed by atoms with Gasteiger partial charge < -0.3 is 14.4 Å². The molecular weight excluding hydrogens is 266 g/mol. The molecule has 1 saturated heterocycles. The van der Waals surface area contributed by atoms with Gasteiger partial charge in [-0.05, 0) is 36.8 Å². The summed E-state index contributed by atoms with van der Waals surface area (Å²) in [5.41, 5.74) is 0. The fourth-order valence-corrected chi connectivity index (χ4v) is 3.57. The van der Waals surface area contributed by atoms with E-state index in [4.69, 9.17) is 9.47 Å². The number of methoxy groups -OCH3 is 1. The Morgan fingerprint density at radius 1 is 1.19 bits per heavy atom. The molecule has 2 fully saturated rings. The summed E-state index contributed by atoms with van der Waals surface area (Å²) in [5, 5.41) is 0. The monoisotopic (exact) mass is 289 g/mol. The van der Waals surface area contributed by atoms with E-state index in [1.165, 1.54) is 0 Å². The zero-order valence-electron chi connectivity index (χ0n) is 12.5. The highest BCUT2D eigenvalue weighted by atomic mass is 16.5. The van der Waals surface area contributed by atoms with E-state index < -0.39 is 0 Å². The molecule has 3 rings (SSSR count). The quantitative estimate of drug-likeness (QED) is 0.835. The lowest BCUT2D eigenvalue weighted by atomic mass is 10.0. The Morgan fingerprint density at radius 2 is 1.86 bits per heavy atom. The zero-order chi connectivity index (χ0) is 14.7. The van der Waals surface area contributed by atoms with E-state index in [9.17, 15) is 4.79 Å². The molecule has 4 heteroatoms. The number of likely N-dealkylation sites (tertiary alicyclic amines) is 1. The Labute approximate surface area is 126 Å². The molecule has 1 unspecified atom stereocenters. The lowest BCUT2D eigenvalue weighted by Gasteiger charge is -2.19. The Hall–Kier alpha value is -1.55. The first-order valence-electron chi connectivity index (χ1n) is 7.74. The van der Waals surface area contributed by atoms with Crippen molar-refractivity contribution in [1.29, 1.82) is 0 Å². The van der Waals surface area contributed by atoms with Gasteiger partial charge >= 0.3 is 0 Å². The van der Waals surface area contributed by atoms with Crippen molar-refractivity contribution >= 4 is 5.91 Å². The maximum atomic E-state index is 12.2. The molecule has 1 aliphatic carbocycles. The molecule has 114 valence electrons. The second kappa shape index (κ2) is 6.48. The molecule has 2 aliphatic rings. The summed E-state index contributed by atoms with van der Waals surface area (Å²) in [6, 6.07) is 9.65. The van der Waals surface area contributed by atoms with Crippen molar-refractivity contribution in [3.05, 3.63) is 30.3 Å². The molecule has 0 radical (unpaired) electrons. The molecule has 0 N–H and O–H groups in total. The second-order valence-corrected chi connectivity index (χ2v) is 6.06. The predicted molar refractivity (Wildman–Crippen MR) is 80.1 cm³/mol. The van der Waals surface area contributed by atoms with Crippen molar-refractivity contribution in [1.82, 2.24) is 4.90 Å². The van der Waals surface area contributed by atoms with Crippen molar-refractivity contribution in [2.45, 2.75) is 25.4 Å². The van der Waals surface area contributed by atoms with E-state index in [1.54, 1.807) is 7.11 Å². The van der Waals surface area contributed by atoms with Crippen LogP contribution in [0.15, 0.2) is 30.3 Å². The van der Waals surface area contributed by atoms with E-state index in [-0.39, 0.29) is 5.91 Å². The predicted octanol–water partition coefficient (Wildman–Crippen LogP) is 2.34. The van der Waals surface area contributed by atoms with Gasteiger partial charge in [0.25, 0.3) is 0 Å². The molecule has 1 aliphatic heterocycles. The number of amides is 1. The van der Waals surface area contributed by atoms with Crippen molar-refractivity contribution in [3.8, 4) is 5.75 Å². The topological polar surface area (TPSA) is 38.8 Å². The van der Waals surface area contributed by atoms with Crippen LogP contribution >= 0.6 is 0 Å². The number of benzene rings is 1. The number of nitrogens with zero attached hydrogens (tertiary/aromatic N) is 1. The minimum absolute atomic E-state index is 0.217. The molecular formula is C17H23NO3. The molecule has 0 aromatic heterocycles. The number of carbonyl (C=O) groups excluding carboxylic acids is 1. The molecule has 21 heavy (non-hydrogen) atoms. The van der Waals surface area contributed by atoms with Gasteiger partial charge in [-0.1, -0.05) is 18.2 Å². The van der Waals surface area contributed by atoms with Crippen LogP contribution in [0.3, 0.4) is 0 Å². The maximum Gasteiger partial charge on any atom is 0.226 e. The van der Waals surface area contributed by atoms with Crippen LogP contribution in [0.25, 0.3) is 0 Å². The van der Waals surface area contributed by atoms with Crippen molar-refractivity contribution in [3.63, 3.8) is 0 Å². The van der Waals surface area contributed by atoms with Crippen LogP contribution in [-0.4, -0.2) is 43.7 Å². The first kappa shape index (κ1) is 14.4. The van der Waals surface area contributed by atoms with Gasteiger partial charge in [0.1, 0.15) is 5.75 Å². The fourth-order valence-electron chi connectivity index (χ4n) is 3.57. The maximum absolute atomic E-state index is 12.2. The van der Waals surface area contributed by atoms with Gasteiger partial charge in [-0.2, -0.15) is 0 Å². The fraction of sp³-hybridized carbons (Fsp3) is 0.588. The van der Waals surface area contributed by atoms with Gasteiger partial charge in [0.05, 0.1) is 19.1 Å². The molecule has 1 heterocycles. The van der Waals surface area contributed by atoms with E-state index in [2.05, 4.69) is 0 Å². The molecule has 1 aromatic rings. The average molecular weight is 289 g/mol. The number of para-hydroxylation sites is 1. The first-order valence-corrected chi connectivity index (χ1v) is 7.74. The molecule has 3 atom stereocenters. The molecule has 0 spiro atoms. The minimum Gasteiger partial charge on any atom is -0.493 e. The third-order valence-corrected chi connectivity index (χ3v) is 4.72. The first-order chi connectivity index (χ1) is 10.3. The number of ether oxygens (including phenoxy) is 2. The van der Waals surface area contributed by atoms with Crippen LogP contribution in [0, 0.1) is 11.8 Å². The largest absolute Gasteiger partial charge is 0.493 e. The standard InChI is InChI=1S/C17H23NO3/c1-20-16-9-13-11-18(12-14(13)10-16)17(19)7-8-21-15-5-3-2-4-6-15/h2-6,13-14,16H,7-12H2,1H3/t13-,14+,16?. The lowest BCUT2D eigenvalue weighted by Crippen LogP contribution is -2.31. The van der Waals surface area contributed by atoms with Crippen molar-refractivity contribution < 1.29 is 14.3 Å². The highest BCUT2D eigenvalue weighted by molar-refractivity contribution is 5.76. The Bertz CT molecular complexity index is 462. The SMILES string of the molecule is COC1C[C@@H]2CN(C(=O)CCOc3ccccc3)C[C@@H]2C1. The number of hydrogen-bond acceptors (Lipinski definition) is 3. The summed E-state index contributed by atoms with van der Waals surface area (Å²) in [7, 11) is 1.79. The summed E-state index contributed by atoms with van der Waals surface area (Å²) in [6.45, 7) is 2.25. The summed E-state index contributed by atoms with van der Waals surface area (Å²) >= 11 is 0. The van der Waals surface area contributed by atoms with E-state index >= 15 is 0 Å². The molecule has 1 saturated carbocycles. The highest BCUT2D eigenvalue weighted by Gasteiger charge is 2.42. The van der Waals surface area contributed by atoms with E-state index in [1.807, 2.05) is 35.2 Å². The number of fused-ring (bicyclic) bond motifs is 1. The number of hydrogen-bond donors (Lipinski definition) is 0. The van der Waals surface area contributed by atoms with Crippen molar-refractivity contribution in [2.75, 3.05) is 26.8 Å². The highest BCUT2D eigenvalue weighted by Crippen LogP contribution is 2.39. The van der Waals surface area contributed by atoms with Gasteiger partial charge in [0.15, 0.2) is 0 Å². The summed E-state index contributed by atoms with van der Waals surface area (Å²) in [4.78, 5) is 14.2. The van der Waals surface area contributed by atoms with Crippen LogP contribution < -0.4 is 4.74 Å². The molecule has 0 bridgehead atoms. The van der Waals surface area contributed by atoms with Crippen LogP contribution in [0.4, 0.5) is 0 Å². The zero-order valence-corrected chi connectivity index (χ0v) is 12.5. The second-order valence-electron chi connectivity index (χ2n) is 6.06. The molecule has 1 aromatic carbocycles. The molecule has 4 nitrogen and oxygen atoms in total. The third-order valence-electron chi connectivity index (χ3n) is 4.72. The minimum atomic E-state index is 0.217. The van der Waals surface area contributed by atoms with Crippen molar-refractivity contribution in [2.24, 2.45) is 11.8 Å². The number of rotatable bonds is 5. The summed E-state index contributed by atoms with van der Waals surface area (Å²) in [5.74, 6) is 2.31. The average Bonchev–Trinajstić information content (AvgIpc) is 3.06. The van der Waals surface area contributed by atoms with Gasteiger partial charge in [-0.15, -0.1) is 0 Å². The van der Waals surface area contributed by atoms with E-state index in [0.717, 1.165) is 31.7 Å². The lowest BCUT2D eigenvalue weighted by molar-refractivity contribution is -0.131. The van der Waals surface area contributed by atoms with Gasteiger partial charge in [-0.3, -0.25) is 4.79 Å². The van der Waals surface area contributed by atoms with Crippen LogP contribution in [-0.2, 0) is 9.53 Å².